The van der Waals surface area contributed by atoms with Gasteiger partial charge in [0.1, 0.15) is 0 Å². The van der Waals surface area contributed by atoms with Crippen LogP contribution >= 0.6 is 0 Å². The summed E-state index contributed by atoms with van der Waals surface area (Å²) in [6.07, 6.45) is 3.86. The van der Waals surface area contributed by atoms with Gasteiger partial charge < -0.3 is 0 Å². The predicted molar refractivity (Wildman–Crippen MR) is 184 cm³/mol. The van der Waals surface area contributed by atoms with Crippen molar-refractivity contribution in [3.63, 3.8) is 0 Å². The van der Waals surface area contributed by atoms with Gasteiger partial charge in [-0.2, -0.15) is 0 Å². The van der Waals surface area contributed by atoms with E-state index in [-0.39, 0.29) is 0 Å². The summed E-state index contributed by atoms with van der Waals surface area (Å²) in [7, 11) is 0. The van der Waals surface area contributed by atoms with Crippen molar-refractivity contribution >= 4 is 21.5 Å². The first-order chi connectivity index (χ1) is 21.3. The molecule has 1 unspecified atom stereocenters. The Balaban J connectivity index is 1.33. The normalized spacial score (nSPS) is 13.9. The fourth-order valence-electron chi connectivity index (χ4n) is 7.27. The molecule has 1 aliphatic rings. The van der Waals surface area contributed by atoms with Crippen molar-refractivity contribution in [2.24, 2.45) is 0 Å². The van der Waals surface area contributed by atoms with Crippen molar-refractivity contribution in [1.82, 2.24) is 0 Å². The molecule has 1 atom stereocenters. The van der Waals surface area contributed by atoms with Crippen molar-refractivity contribution < 1.29 is 0 Å². The Morgan fingerprint density at radius 1 is 0.535 bits per heavy atom. The average molecular weight is 549 g/mol. The molecule has 0 spiro atoms. The van der Waals surface area contributed by atoms with Gasteiger partial charge in [-0.3, -0.25) is 0 Å². The second-order valence-corrected chi connectivity index (χ2v) is 11.7. The van der Waals surface area contributed by atoms with Crippen molar-refractivity contribution in [1.29, 1.82) is 0 Å². The molecule has 0 radical (unpaired) electrons. The van der Waals surface area contributed by atoms with E-state index in [1.807, 2.05) is 6.08 Å². The van der Waals surface area contributed by atoms with E-state index in [9.17, 15) is 0 Å². The minimum Gasteiger partial charge on any atom is -0.103 e. The van der Waals surface area contributed by atoms with Gasteiger partial charge in [-0.1, -0.05) is 152 Å². The molecule has 0 heterocycles. The molecule has 204 valence electrons. The smallest absolute Gasteiger partial charge is 0.0136 e. The Morgan fingerprint density at radius 3 is 1.79 bits per heavy atom. The molecule has 0 saturated carbocycles. The molecule has 1 aliphatic carbocycles. The molecule has 7 aromatic carbocycles. The summed E-state index contributed by atoms with van der Waals surface area (Å²) in [6, 6.07) is 54.1. The Labute approximate surface area is 253 Å². The number of benzene rings is 7. The molecule has 0 amide bonds. The zero-order valence-corrected chi connectivity index (χ0v) is 24.1. The third kappa shape index (κ3) is 4.30. The summed E-state index contributed by atoms with van der Waals surface area (Å²) in [6.45, 7) is 3.91. The molecule has 43 heavy (non-hydrogen) atoms. The van der Waals surface area contributed by atoms with Crippen LogP contribution in [0.4, 0.5) is 0 Å². The van der Waals surface area contributed by atoms with Crippen molar-refractivity contribution in [3.8, 4) is 33.4 Å². The highest BCUT2D eigenvalue weighted by Crippen LogP contribution is 2.46. The predicted octanol–water partition coefficient (Wildman–Crippen LogP) is 11.4. The summed E-state index contributed by atoms with van der Waals surface area (Å²) >= 11 is 0. The lowest BCUT2D eigenvalue weighted by Gasteiger charge is -2.28. The van der Waals surface area contributed by atoms with E-state index < -0.39 is 0 Å². The van der Waals surface area contributed by atoms with Gasteiger partial charge in [0.25, 0.3) is 0 Å². The Bertz CT molecular complexity index is 2090. The lowest BCUT2D eigenvalue weighted by Crippen LogP contribution is -2.12. The Kier molecular flexibility index (Phi) is 6.27. The standard InChI is InChI=1S/C43H32/c1-2-12-29-23-25-30(26-24-29)42-37-19-7-9-21-39(37)43(40-22-10-8-20-38(40)42)33-15-11-14-31(27-33)41-28-32-13-3-4-16-34(32)35-17-5-6-18-36(35)41/h2-11,13-27,41H,1,12,28H2. The fraction of sp³-hybridized carbons (Fsp3) is 0.0698. The van der Waals surface area contributed by atoms with E-state index in [1.54, 1.807) is 0 Å². The minimum absolute atomic E-state index is 0.317. The van der Waals surface area contributed by atoms with Crippen molar-refractivity contribution in [2.45, 2.75) is 18.8 Å². The number of hydrogen-bond donors (Lipinski definition) is 0. The molecule has 0 heteroatoms. The number of hydrogen-bond acceptors (Lipinski definition) is 0. The number of fused-ring (bicyclic) bond motifs is 5. The first kappa shape index (κ1) is 25.5. The minimum atomic E-state index is 0.317. The van der Waals surface area contributed by atoms with Gasteiger partial charge in [0.2, 0.25) is 0 Å². The van der Waals surface area contributed by atoms with Gasteiger partial charge in [0, 0.05) is 5.92 Å². The molecular weight excluding hydrogens is 516 g/mol. The van der Waals surface area contributed by atoms with Gasteiger partial charge >= 0.3 is 0 Å². The zero-order chi connectivity index (χ0) is 28.8. The number of rotatable bonds is 5. The summed E-state index contributed by atoms with van der Waals surface area (Å²) in [5.41, 5.74) is 13.4. The molecule has 8 rings (SSSR count). The SMILES string of the molecule is C=CCc1ccc(-c2c3ccccc3c(-c3cccc(C4Cc5ccccc5-c5ccccc54)c3)c3ccccc23)cc1. The zero-order valence-electron chi connectivity index (χ0n) is 24.1. The average Bonchev–Trinajstić information content (AvgIpc) is 3.07. The first-order valence-corrected chi connectivity index (χ1v) is 15.2. The third-order valence-electron chi connectivity index (χ3n) is 9.20. The van der Waals surface area contributed by atoms with E-state index in [0.717, 1.165) is 12.8 Å². The van der Waals surface area contributed by atoms with Crippen LogP contribution in [0.1, 0.15) is 28.2 Å². The van der Waals surface area contributed by atoms with E-state index >= 15 is 0 Å². The van der Waals surface area contributed by atoms with E-state index in [1.165, 1.54) is 77.2 Å². The van der Waals surface area contributed by atoms with E-state index in [0.29, 0.717) is 5.92 Å². The first-order valence-electron chi connectivity index (χ1n) is 15.2. The van der Waals surface area contributed by atoms with Crippen molar-refractivity contribution in [3.05, 3.63) is 181 Å². The van der Waals surface area contributed by atoms with Crippen LogP contribution < -0.4 is 0 Å². The maximum atomic E-state index is 3.91. The number of allylic oxidation sites excluding steroid dienone is 1. The highest BCUT2D eigenvalue weighted by Gasteiger charge is 2.26. The van der Waals surface area contributed by atoms with Gasteiger partial charge in [-0.25, -0.2) is 0 Å². The summed E-state index contributed by atoms with van der Waals surface area (Å²) in [4.78, 5) is 0. The molecule has 0 saturated heterocycles. The van der Waals surface area contributed by atoms with Crippen molar-refractivity contribution in [2.75, 3.05) is 0 Å². The van der Waals surface area contributed by atoms with Crippen LogP contribution in [0.15, 0.2) is 158 Å². The third-order valence-corrected chi connectivity index (χ3v) is 9.20. The second-order valence-electron chi connectivity index (χ2n) is 11.7. The van der Waals surface area contributed by atoms with Crippen LogP contribution in [0, 0.1) is 0 Å². The molecule has 0 bridgehead atoms. The highest BCUT2D eigenvalue weighted by molar-refractivity contribution is 6.21. The van der Waals surface area contributed by atoms with Gasteiger partial charge in [-0.15, -0.1) is 6.58 Å². The summed E-state index contributed by atoms with van der Waals surface area (Å²) in [5, 5.41) is 5.15. The largest absolute Gasteiger partial charge is 0.103 e. The molecule has 0 aromatic heterocycles. The van der Waals surface area contributed by atoms with Crippen LogP contribution in [-0.2, 0) is 12.8 Å². The summed E-state index contributed by atoms with van der Waals surface area (Å²) in [5.74, 6) is 0.317. The molecular formula is C43H32. The van der Waals surface area contributed by atoms with Gasteiger partial charge in [-0.05, 0) is 90.0 Å². The molecule has 0 N–H and O–H groups in total. The lowest BCUT2D eigenvalue weighted by atomic mass is 9.75. The molecule has 0 fully saturated rings. The van der Waals surface area contributed by atoms with E-state index in [2.05, 4.69) is 152 Å². The maximum Gasteiger partial charge on any atom is 0.0136 e. The Morgan fingerprint density at radius 2 is 1.12 bits per heavy atom. The van der Waals surface area contributed by atoms with Crippen LogP contribution in [-0.4, -0.2) is 0 Å². The van der Waals surface area contributed by atoms with Gasteiger partial charge in [0.05, 0.1) is 0 Å². The van der Waals surface area contributed by atoms with Gasteiger partial charge in [0.15, 0.2) is 0 Å². The monoisotopic (exact) mass is 548 g/mol. The molecule has 0 aliphatic heterocycles. The fourth-order valence-corrected chi connectivity index (χ4v) is 7.27. The topological polar surface area (TPSA) is 0 Å². The van der Waals surface area contributed by atoms with E-state index in [4.69, 9.17) is 0 Å². The van der Waals surface area contributed by atoms with Crippen LogP contribution in [0.2, 0.25) is 0 Å². The Hall–Kier alpha value is -5.20. The molecule has 0 nitrogen and oxygen atoms in total. The van der Waals surface area contributed by atoms with Crippen LogP contribution in [0.25, 0.3) is 54.9 Å². The highest BCUT2D eigenvalue weighted by atomic mass is 14.3. The lowest BCUT2D eigenvalue weighted by molar-refractivity contribution is 0.794. The quantitative estimate of drug-likeness (QED) is 0.148. The van der Waals surface area contributed by atoms with Crippen LogP contribution in [0.5, 0.6) is 0 Å². The van der Waals surface area contributed by atoms with Crippen LogP contribution in [0.3, 0.4) is 0 Å². The maximum absolute atomic E-state index is 3.91. The second kappa shape index (κ2) is 10.6. The summed E-state index contributed by atoms with van der Waals surface area (Å²) < 4.78 is 0. The molecule has 7 aromatic rings.